The second kappa shape index (κ2) is 7.33. The minimum absolute atomic E-state index is 0.0651. The molecule has 0 rings (SSSR count). The van der Waals surface area contributed by atoms with Crippen LogP contribution in [0.1, 0.15) is 33.6 Å². The van der Waals surface area contributed by atoms with Crippen LogP contribution in [0.25, 0.3) is 0 Å². The molecule has 0 aromatic rings. The van der Waals surface area contributed by atoms with Crippen LogP contribution in [0.5, 0.6) is 0 Å². The quantitative estimate of drug-likeness (QED) is 0.563. The topological polar surface area (TPSA) is 76.1 Å². The van der Waals surface area contributed by atoms with E-state index in [-0.39, 0.29) is 25.4 Å². The van der Waals surface area contributed by atoms with Crippen LogP contribution in [0.4, 0.5) is 0 Å². The Bertz CT molecular complexity index is 285. The van der Waals surface area contributed by atoms with Crippen molar-refractivity contribution < 1.29 is 24.3 Å². The molecule has 1 amide bonds. The average molecular weight is 261 g/mol. The summed E-state index contributed by atoms with van der Waals surface area (Å²) in [6.07, 6.45) is 0.135. The molecule has 0 heterocycles. The van der Waals surface area contributed by atoms with Crippen LogP contribution < -0.4 is 0 Å². The van der Waals surface area contributed by atoms with Gasteiger partial charge < -0.3 is 9.84 Å². The lowest BCUT2D eigenvalue weighted by molar-refractivity contribution is -0.177. The molecule has 0 bridgehead atoms. The maximum atomic E-state index is 11.8. The third-order valence-electron chi connectivity index (χ3n) is 2.24. The minimum Gasteiger partial charge on any atom is -0.460 e. The van der Waals surface area contributed by atoms with E-state index in [0.717, 1.165) is 5.06 Å². The minimum atomic E-state index is -0.630. The summed E-state index contributed by atoms with van der Waals surface area (Å²) >= 11 is 0. The summed E-state index contributed by atoms with van der Waals surface area (Å²) in [4.78, 5) is 28.3. The van der Waals surface area contributed by atoms with Gasteiger partial charge >= 0.3 is 5.97 Å². The zero-order chi connectivity index (χ0) is 14.3. The summed E-state index contributed by atoms with van der Waals surface area (Å²) < 4.78 is 5.15. The van der Waals surface area contributed by atoms with E-state index < -0.39 is 17.5 Å². The van der Waals surface area contributed by atoms with E-state index in [1.54, 1.807) is 20.8 Å². The Morgan fingerprint density at radius 3 is 2.28 bits per heavy atom. The van der Waals surface area contributed by atoms with Gasteiger partial charge in [0, 0.05) is 13.7 Å². The molecule has 0 aliphatic heterocycles. The fourth-order valence-corrected chi connectivity index (χ4v) is 1.40. The summed E-state index contributed by atoms with van der Waals surface area (Å²) in [5.41, 5.74) is -0.586. The summed E-state index contributed by atoms with van der Waals surface area (Å²) in [6, 6.07) is 0. The number of ether oxygens (including phenoxy) is 1. The number of rotatable bonds is 6. The second-order valence-corrected chi connectivity index (χ2v) is 5.02. The molecule has 6 nitrogen and oxygen atoms in total. The largest absolute Gasteiger partial charge is 0.460 e. The average Bonchev–Trinajstić information content (AvgIpc) is 2.23. The van der Waals surface area contributed by atoms with E-state index in [9.17, 15) is 9.59 Å². The van der Waals surface area contributed by atoms with E-state index in [0.29, 0.717) is 0 Å². The first-order valence-corrected chi connectivity index (χ1v) is 5.85. The third kappa shape index (κ3) is 6.56. The van der Waals surface area contributed by atoms with Crippen LogP contribution in [0, 0.1) is 5.92 Å². The number of carbonyl (C=O) groups is 2. The first kappa shape index (κ1) is 16.9. The van der Waals surface area contributed by atoms with Crippen LogP contribution in [0.15, 0.2) is 0 Å². The van der Waals surface area contributed by atoms with Crippen molar-refractivity contribution in [2.45, 2.75) is 39.2 Å². The van der Waals surface area contributed by atoms with Gasteiger partial charge in [-0.2, -0.15) is 0 Å². The highest BCUT2D eigenvalue weighted by atomic mass is 16.7. The van der Waals surface area contributed by atoms with Gasteiger partial charge in [-0.25, -0.2) is 5.06 Å². The number of aliphatic hydroxyl groups excluding tert-OH is 1. The molecule has 1 atom stereocenters. The number of nitrogens with zero attached hydrogens (tertiary/aromatic N) is 1. The molecule has 0 aliphatic rings. The Morgan fingerprint density at radius 2 is 1.89 bits per heavy atom. The predicted molar refractivity (Wildman–Crippen MR) is 65.4 cm³/mol. The molecule has 6 heteroatoms. The molecule has 1 N–H and O–H groups in total. The molecule has 0 aromatic heterocycles. The number of hydrogen-bond donors (Lipinski definition) is 1. The SMILES string of the molecule is CON(C)C(=O)C(CCO)CC(=O)OC(C)(C)C. The molecular formula is C12H23NO5. The van der Waals surface area contributed by atoms with Gasteiger partial charge in [-0.3, -0.25) is 14.4 Å². The zero-order valence-corrected chi connectivity index (χ0v) is 11.7. The van der Waals surface area contributed by atoms with E-state index in [2.05, 4.69) is 0 Å². The molecule has 1 unspecified atom stereocenters. The standard InChI is InChI=1S/C12H23NO5/c1-12(2,3)18-10(15)8-9(6-7-14)11(16)13(4)17-5/h9,14H,6-8H2,1-5H3. The number of esters is 1. The number of carbonyl (C=O) groups excluding carboxylic acids is 2. The van der Waals surface area contributed by atoms with Gasteiger partial charge in [0.2, 0.25) is 5.91 Å². The third-order valence-corrected chi connectivity index (χ3v) is 2.24. The number of hydrogen-bond acceptors (Lipinski definition) is 5. The highest BCUT2D eigenvalue weighted by molar-refractivity contribution is 5.83. The lowest BCUT2D eigenvalue weighted by atomic mass is 10.0. The Kier molecular flexibility index (Phi) is 6.86. The molecule has 0 spiro atoms. The molecule has 0 aliphatic carbocycles. The normalized spacial score (nSPS) is 13.0. The molecule has 18 heavy (non-hydrogen) atoms. The monoisotopic (exact) mass is 261 g/mol. The van der Waals surface area contributed by atoms with Gasteiger partial charge in [-0.1, -0.05) is 0 Å². The van der Waals surface area contributed by atoms with Gasteiger partial charge in [0.1, 0.15) is 5.60 Å². The van der Waals surface area contributed by atoms with Crippen molar-refractivity contribution >= 4 is 11.9 Å². The van der Waals surface area contributed by atoms with Crippen molar-refractivity contribution in [3.05, 3.63) is 0 Å². The Hall–Kier alpha value is -1.14. The summed E-state index contributed by atoms with van der Waals surface area (Å²) in [5.74, 6) is -1.44. The lowest BCUT2D eigenvalue weighted by Gasteiger charge is -2.23. The van der Waals surface area contributed by atoms with Crippen LogP contribution in [0.3, 0.4) is 0 Å². The van der Waals surface area contributed by atoms with Crippen molar-refractivity contribution in [3.8, 4) is 0 Å². The number of hydroxylamine groups is 2. The van der Waals surface area contributed by atoms with E-state index in [1.807, 2.05) is 0 Å². The molecule has 0 radical (unpaired) electrons. The zero-order valence-electron chi connectivity index (χ0n) is 11.7. The van der Waals surface area contributed by atoms with Crippen LogP contribution >= 0.6 is 0 Å². The van der Waals surface area contributed by atoms with Gasteiger partial charge in [0.15, 0.2) is 0 Å². The van der Waals surface area contributed by atoms with E-state index in [1.165, 1.54) is 14.2 Å². The second-order valence-electron chi connectivity index (χ2n) is 5.02. The fraction of sp³-hybridized carbons (Fsp3) is 0.833. The first-order valence-electron chi connectivity index (χ1n) is 5.85. The van der Waals surface area contributed by atoms with Crippen LogP contribution in [-0.2, 0) is 19.2 Å². The molecular weight excluding hydrogens is 238 g/mol. The lowest BCUT2D eigenvalue weighted by Crippen LogP contribution is -2.35. The summed E-state index contributed by atoms with van der Waals surface area (Å²) in [7, 11) is 2.82. The Morgan fingerprint density at radius 1 is 1.33 bits per heavy atom. The van der Waals surface area contributed by atoms with E-state index in [4.69, 9.17) is 14.7 Å². The van der Waals surface area contributed by atoms with Crippen LogP contribution in [0.2, 0.25) is 0 Å². The number of aliphatic hydroxyl groups is 1. The summed E-state index contributed by atoms with van der Waals surface area (Å²) in [6.45, 7) is 5.11. The maximum absolute atomic E-state index is 11.8. The molecule has 106 valence electrons. The number of amides is 1. The van der Waals surface area contributed by atoms with Crippen molar-refractivity contribution in [1.29, 1.82) is 0 Å². The highest BCUT2D eigenvalue weighted by Crippen LogP contribution is 2.16. The fourth-order valence-electron chi connectivity index (χ4n) is 1.40. The Balaban J connectivity index is 4.53. The Labute approximate surface area is 108 Å². The maximum Gasteiger partial charge on any atom is 0.307 e. The molecule has 0 saturated heterocycles. The predicted octanol–water partition coefficient (Wildman–Crippen LogP) is 0.737. The van der Waals surface area contributed by atoms with Crippen LogP contribution in [-0.4, -0.2) is 48.4 Å². The van der Waals surface area contributed by atoms with Gasteiger partial charge in [-0.15, -0.1) is 0 Å². The van der Waals surface area contributed by atoms with Gasteiger partial charge in [0.25, 0.3) is 0 Å². The summed E-state index contributed by atoms with van der Waals surface area (Å²) in [5, 5.41) is 9.97. The van der Waals surface area contributed by atoms with Crippen molar-refractivity contribution in [1.82, 2.24) is 5.06 Å². The smallest absolute Gasteiger partial charge is 0.307 e. The van der Waals surface area contributed by atoms with Crippen molar-refractivity contribution in [2.24, 2.45) is 5.92 Å². The molecule has 0 aromatic carbocycles. The van der Waals surface area contributed by atoms with Crippen molar-refractivity contribution in [3.63, 3.8) is 0 Å². The molecule has 0 saturated carbocycles. The van der Waals surface area contributed by atoms with Gasteiger partial charge in [-0.05, 0) is 27.2 Å². The van der Waals surface area contributed by atoms with E-state index >= 15 is 0 Å². The first-order chi connectivity index (χ1) is 8.21. The highest BCUT2D eigenvalue weighted by Gasteiger charge is 2.27. The van der Waals surface area contributed by atoms with Gasteiger partial charge in [0.05, 0.1) is 19.4 Å². The van der Waals surface area contributed by atoms with Crippen molar-refractivity contribution in [2.75, 3.05) is 20.8 Å². The molecule has 0 fully saturated rings.